The molecule has 0 radical (unpaired) electrons. The fourth-order valence-corrected chi connectivity index (χ4v) is 0.963. The molecule has 0 aromatic rings. The molecule has 8 heavy (non-hydrogen) atoms. The molecular weight excluding hydrogens is 142 g/mol. The normalized spacial score (nSPS) is 11.6. The van der Waals surface area contributed by atoms with Crippen molar-refractivity contribution in [2.45, 2.75) is 6.92 Å². The summed E-state index contributed by atoms with van der Waals surface area (Å²) in [5.74, 6) is 0. The minimum absolute atomic E-state index is 0.539. The van der Waals surface area contributed by atoms with Gasteiger partial charge in [-0.1, -0.05) is 29.9 Å². The molecular formula is C5H8ClNS. The van der Waals surface area contributed by atoms with Gasteiger partial charge < -0.3 is 0 Å². The smallest absolute Gasteiger partial charge is 0.162 e. The van der Waals surface area contributed by atoms with Gasteiger partial charge in [-0.3, -0.25) is 4.99 Å². The molecule has 0 heterocycles. The third kappa shape index (κ3) is 4.22. The molecule has 0 aromatic heterocycles. The van der Waals surface area contributed by atoms with Gasteiger partial charge in [0.05, 0.1) is 0 Å². The number of rotatable bonds is 1. The van der Waals surface area contributed by atoms with Gasteiger partial charge in [0.2, 0.25) is 0 Å². The second kappa shape index (κ2) is 3.98. The third-order valence-corrected chi connectivity index (χ3v) is 1.53. The van der Waals surface area contributed by atoms with Gasteiger partial charge in [-0.2, -0.15) is 0 Å². The highest BCUT2D eigenvalue weighted by Crippen LogP contribution is 2.16. The van der Waals surface area contributed by atoms with E-state index in [1.807, 2.05) is 6.92 Å². The fraction of sp³-hybridized carbons (Fsp3) is 0.400. The van der Waals surface area contributed by atoms with Crippen LogP contribution in [0.4, 0.5) is 0 Å². The highest BCUT2D eigenvalue weighted by molar-refractivity contribution is 8.19. The predicted molar refractivity (Wildman–Crippen MR) is 41.6 cm³/mol. The van der Waals surface area contributed by atoms with Crippen LogP contribution in [-0.2, 0) is 0 Å². The van der Waals surface area contributed by atoms with Crippen molar-refractivity contribution in [1.29, 1.82) is 0 Å². The summed E-state index contributed by atoms with van der Waals surface area (Å²) in [6.45, 7) is 5.53. The number of hydrogen-bond donors (Lipinski definition) is 0. The zero-order valence-electron chi connectivity index (χ0n) is 4.94. The van der Waals surface area contributed by atoms with Crippen molar-refractivity contribution in [3.63, 3.8) is 0 Å². The maximum atomic E-state index is 5.51. The monoisotopic (exact) mass is 149 g/mol. The first-order valence-electron chi connectivity index (χ1n) is 2.12. The summed E-state index contributed by atoms with van der Waals surface area (Å²) in [6.07, 6.45) is 0. The summed E-state index contributed by atoms with van der Waals surface area (Å²) in [4.78, 5) is 4.67. The van der Waals surface area contributed by atoms with E-state index >= 15 is 0 Å². The minimum Gasteiger partial charge on any atom is -0.270 e. The number of aliphatic imine (C=N–C) groups is 1. The Bertz CT molecular complexity index is 120. The minimum atomic E-state index is 0.539. The van der Waals surface area contributed by atoms with Gasteiger partial charge in [0.1, 0.15) is 0 Å². The van der Waals surface area contributed by atoms with Crippen molar-refractivity contribution in [2.24, 2.45) is 4.99 Å². The Hall–Kier alpha value is 0.0500. The highest BCUT2D eigenvalue weighted by Gasteiger charge is 1.90. The molecule has 0 bridgehead atoms. The first-order valence-corrected chi connectivity index (χ1v) is 3.32. The standard InChI is InChI=1S/C5H8ClNS/c1-4(2)8-5(6)7-3/h1H2,2-3H3/b7-5-. The van der Waals surface area contributed by atoms with Crippen LogP contribution in [0.5, 0.6) is 0 Å². The second-order valence-electron chi connectivity index (χ2n) is 1.28. The van der Waals surface area contributed by atoms with Crippen molar-refractivity contribution in [2.75, 3.05) is 7.05 Å². The molecule has 0 aliphatic carbocycles. The van der Waals surface area contributed by atoms with E-state index in [1.54, 1.807) is 7.05 Å². The van der Waals surface area contributed by atoms with Crippen LogP contribution in [0.25, 0.3) is 0 Å². The summed E-state index contributed by atoms with van der Waals surface area (Å²) in [5.41, 5.74) is 0. The Balaban J connectivity index is 3.56. The third-order valence-electron chi connectivity index (χ3n) is 0.434. The van der Waals surface area contributed by atoms with Crippen LogP contribution >= 0.6 is 23.4 Å². The lowest BCUT2D eigenvalue weighted by Crippen LogP contribution is -1.75. The van der Waals surface area contributed by atoms with E-state index < -0.39 is 0 Å². The second-order valence-corrected chi connectivity index (χ2v) is 3.15. The topological polar surface area (TPSA) is 12.4 Å². The SMILES string of the molecule is C=C(C)S/C(Cl)=N\C. The van der Waals surface area contributed by atoms with Crippen LogP contribution in [0.3, 0.4) is 0 Å². The lowest BCUT2D eigenvalue weighted by molar-refractivity contribution is 1.48. The van der Waals surface area contributed by atoms with Gasteiger partial charge in [0.15, 0.2) is 4.50 Å². The molecule has 0 aliphatic rings. The van der Waals surface area contributed by atoms with E-state index in [9.17, 15) is 0 Å². The van der Waals surface area contributed by atoms with E-state index in [1.165, 1.54) is 11.8 Å². The average Bonchev–Trinajstić information content (AvgIpc) is 1.65. The number of halogens is 1. The van der Waals surface area contributed by atoms with Crippen molar-refractivity contribution in [3.8, 4) is 0 Å². The maximum absolute atomic E-state index is 5.51. The summed E-state index contributed by atoms with van der Waals surface area (Å²) < 4.78 is 0.539. The lowest BCUT2D eigenvalue weighted by atomic mass is 10.8. The van der Waals surface area contributed by atoms with Crippen molar-refractivity contribution in [1.82, 2.24) is 0 Å². The number of hydrogen-bond acceptors (Lipinski definition) is 2. The fourth-order valence-electron chi connectivity index (χ4n) is 0.189. The number of nitrogens with zero attached hydrogens (tertiary/aromatic N) is 1. The van der Waals surface area contributed by atoms with Crippen LogP contribution < -0.4 is 0 Å². The summed E-state index contributed by atoms with van der Waals surface area (Å²) in [5, 5.41) is 0. The average molecular weight is 150 g/mol. The van der Waals surface area contributed by atoms with Gasteiger partial charge in [-0.25, -0.2) is 0 Å². The molecule has 0 atom stereocenters. The zero-order chi connectivity index (χ0) is 6.57. The van der Waals surface area contributed by atoms with E-state index in [0.29, 0.717) is 4.50 Å². The maximum Gasteiger partial charge on any atom is 0.162 e. The van der Waals surface area contributed by atoms with Gasteiger partial charge in [-0.15, -0.1) is 0 Å². The molecule has 1 nitrogen and oxygen atoms in total. The molecule has 0 aromatic carbocycles. The van der Waals surface area contributed by atoms with E-state index in [-0.39, 0.29) is 0 Å². The number of allylic oxidation sites excluding steroid dienone is 1. The molecule has 46 valence electrons. The molecule has 0 N–H and O–H groups in total. The molecule has 0 spiro atoms. The van der Waals surface area contributed by atoms with Gasteiger partial charge in [0.25, 0.3) is 0 Å². The van der Waals surface area contributed by atoms with Crippen molar-refractivity contribution >= 4 is 27.9 Å². The molecule has 0 fully saturated rings. The Kier molecular flexibility index (Phi) is 4.01. The van der Waals surface area contributed by atoms with Crippen LogP contribution in [-0.4, -0.2) is 11.6 Å². The predicted octanol–water partition coefficient (Wildman–Crippen LogP) is 2.48. The molecule has 0 saturated carbocycles. The molecule has 0 aliphatic heterocycles. The molecule has 0 rings (SSSR count). The Morgan fingerprint density at radius 2 is 2.25 bits per heavy atom. The lowest BCUT2D eigenvalue weighted by Gasteiger charge is -1.91. The van der Waals surface area contributed by atoms with Crippen LogP contribution in [0.1, 0.15) is 6.92 Å². The van der Waals surface area contributed by atoms with E-state index in [0.717, 1.165) is 4.91 Å². The Morgan fingerprint density at radius 3 is 2.38 bits per heavy atom. The first-order chi connectivity index (χ1) is 3.66. The van der Waals surface area contributed by atoms with Gasteiger partial charge in [0, 0.05) is 7.05 Å². The summed E-state index contributed by atoms with van der Waals surface area (Å²) in [7, 11) is 1.65. The van der Waals surface area contributed by atoms with Crippen LogP contribution in [0, 0.1) is 0 Å². The first kappa shape index (κ1) is 8.05. The van der Waals surface area contributed by atoms with Crippen LogP contribution in [0.2, 0.25) is 0 Å². The Labute approximate surface area is 58.8 Å². The summed E-state index contributed by atoms with van der Waals surface area (Å²) in [6, 6.07) is 0. The van der Waals surface area contributed by atoms with Gasteiger partial charge in [-0.05, 0) is 11.8 Å². The quantitative estimate of drug-likeness (QED) is 0.412. The molecule has 0 unspecified atom stereocenters. The number of thioether (sulfide) groups is 1. The van der Waals surface area contributed by atoms with E-state index in [2.05, 4.69) is 11.6 Å². The van der Waals surface area contributed by atoms with E-state index in [4.69, 9.17) is 11.6 Å². The Morgan fingerprint density at radius 1 is 1.75 bits per heavy atom. The largest absolute Gasteiger partial charge is 0.270 e. The molecule has 0 amide bonds. The molecule has 0 saturated heterocycles. The van der Waals surface area contributed by atoms with Crippen molar-refractivity contribution < 1.29 is 0 Å². The molecule has 3 heteroatoms. The highest BCUT2D eigenvalue weighted by atomic mass is 35.5. The summed E-state index contributed by atoms with van der Waals surface area (Å²) >= 11 is 6.89. The zero-order valence-corrected chi connectivity index (χ0v) is 6.51. The van der Waals surface area contributed by atoms with Crippen molar-refractivity contribution in [3.05, 3.63) is 11.5 Å². The van der Waals surface area contributed by atoms with Gasteiger partial charge >= 0.3 is 0 Å². The van der Waals surface area contributed by atoms with Crippen LogP contribution in [0.15, 0.2) is 16.5 Å².